The zero-order valence-corrected chi connectivity index (χ0v) is 12.8. The second-order valence-corrected chi connectivity index (χ2v) is 4.98. The summed E-state index contributed by atoms with van der Waals surface area (Å²) in [7, 11) is 0. The third kappa shape index (κ3) is 5.02. The van der Waals surface area contributed by atoms with Gasteiger partial charge in [0.05, 0.1) is 5.69 Å². The minimum atomic E-state index is -0.387. The number of ether oxygens (including phenoxy) is 1. The van der Waals surface area contributed by atoms with E-state index in [9.17, 15) is 0 Å². The highest BCUT2D eigenvalue weighted by Crippen LogP contribution is 2.18. The molecule has 0 spiro atoms. The Labute approximate surface area is 138 Å². The number of hydrazone groups is 1. The Balaban J connectivity index is 2.01. The van der Waals surface area contributed by atoms with Crippen LogP contribution in [-0.4, -0.2) is 11.5 Å². The van der Waals surface area contributed by atoms with E-state index in [2.05, 4.69) is 10.5 Å². The molecular formula is C16H14ClN5O. The smallest absolute Gasteiger partial charge is 0.201 e. The Hall–Kier alpha value is -3.04. The lowest BCUT2D eigenvalue weighted by molar-refractivity contribution is 0.306. The maximum Gasteiger partial charge on any atom is 0.201 e. The summed E-state index contributed by atoms with van der Waals surface area (Å²) in [4.78, 5) is 0. The van der Waals surface area contributed by atoms with Gasteiger partial charge in [-0.2, -0.15) is 10.4 Å². The number of hydrogen-bond acceptors (Lipinski definition) is 5. The third-order valence-electron chi connectivity index (χ3n) is 2.80. The molecule has 0 aliphatic carbocycles. The van der Waals surface area contributed by atoms with Crippen molar-refractivity contribution in [1.29, 1.82) is 10.7 Å². The van der Waals surface area contributed by atoms with Gasteiger partial charge in [0, 0.05) is 5.02 Å². The van der Waals surface area contributed by atoms with Gasteiger partial charge in [-0.1, -0.05) is 23.7 Å². The number of benzene rings is 2. The maximum atomic E-state index is 8.79. The number of halogens is 1. The van der Waals surface area contributed by atoms with E-state index in [1.807, 2.05) is 18.2 Å². The second-order valence-electron chi connectivity index (χ2n) is 4.54. The molecule has 0 aromatic heterocycles. The number of nitrogens with one attached hydrogen (secondary N) is 2. The van der Waals surface area contributed by atoms with Gasteiger partial charge in [0.1, 0.15) is 18.4 Å². The highest BCUT2D eigenvalue weighted by molar-refractivity contribution is 6.45. The zero-order chi connectivity index (χ0) is 16.7. The fraction of sp³-hybridized carbons (Fsp3) is 0.0625. The van der Waals surface area contributed by atoms with Gasteiger partial charge in [-0.15, -0.1) is 0 Å². The topological polar surface area (TPSA) is 107 Å². The molecule has 2 rings (SSSR count). The van der Waals surface area contributed by atoms with Crippen LogP contribution in [-0.2, 0) is 6.61 Å². The number of nitriles is 1. The summed E-state index contributed by atoms with van der Waals surface area (Å²) < 4.78 is 5.66. The first-order valence-corrected chi connectivity index (χ1v) is 7.02. The van der Waals surface area contributed by atoms with Crippen molar-refractivity contribution in [1.82, 2.24) is 0 Å². The van der Waals surface area contributed by atoms with Gasteiger partial charge in [0.25, 0.3) is 0 Å². The van der Waals surface area contributed by atoms with E-state index in [1.54, 1.807) is 36.4 Å². The van der Waals surface area contributed by atoms with E-state index in [1.165, 1.54) is 0 Å². The number of nitrogens with two attached hydrogens (primary N) is 1. The molecule has 0 amide bonds. The average Bonchev–Trinajstić information content (AvgIpc) is 2.55. The van der Waals surface area contributed by atoms with Crippen LogP contribution in [0.5, 0.6) is 5.75 Å². The fourth-order valence-electron chi connectivity index (χ4n) is 1.69. The summed E-state index contributed by atoms with van der Waals surface area (Å²) in [6.07, 6.45) is 0. The Morgan fingerprint density at radius 1 is 1.30 bits per heavy atom. The molecule has 0 bridgehead atoms. The van der Waals surface area contributed by atoms with Crippen LogP contribution in [0.25, 0.3) is 0 Å². The largest absolute Gasteiger partial charge is 0.489 e. The zero-order valence-electron chi connectivity index (χ0n) is 12.1. The van der Waals surface area contributed by atoms with Crippen LogP contribution < -0.4 is 15.9 Å². The molecule has 0 unspecified atom stereocenters. The molecule has 0 aliphatic rings. The van der Waals surface area contributed by atoms with Crippen LogP contribution in [0.15, 0.2) is 53.6 Å². The summed E-state index contributed by atoms with van der Waals surface area (Å²) in [6.45, 7) is 0.374. The van der Waals surface area contributed by atoms with Crippen LogP contribution in [0.2, 0.25) is 5.02 Å². The van der Waals surface area contributed by atoms with Crippen LogP contribution in [0.3, 0.4) is 0 Å². The van der Waals surface area contributed by atoms with E-state index in [0.29, 0.717) is 23.1 Å². The lowest BCUT2D eigenvalue weighted by atomic mass is 10.2. The van der Waals surface area contributed by atoms with Crippen molar-refractivity contribution in [2.24, 2.45) is 10.8 Å². The number of anilines is 1. The first-order valence-electron chi connectivity index (χ1n) is 6.64. The van der Waals surface area contributed by atoms with Gasteiger partial charge >= 0.3 is 0 Å². The first kappa shape index (κ1) is 16.3. The minimum Gasteiger partial charge on any atom is -0.489 e. The molecule has 0 heterocycles. The Morgan fingerprint density at radius 2 is 2.04 bits per heavy atom. The van der Waals surface area contributed by atoms with Gasteiger partial charge in [0.2, 0.25) is 5.71 Å². The van der Waals surface area contributed by atoms with E-state index in [0.717, 1.165) is 5.56 Å². The van der Waals surface area contributed by atoms with Gasteiger partial charge in [-0.05, 0) is 42.0 Å². The van der Waals surface area contributed by atoms with Crippen molar-refractivity contribution in [2.75, 3.05) is 5.43 Å². The molecule has 0 fully saturated rings. The molecule has 0 saturated heterocycles. The van der Waals surface area contributed by atoms with Crippen LogP contribution in [0.1, 0.15) is 5.56 Å². The SMILES string of the molecule is N#C/C(=N\Nc1cccc(COc2ccc(Cl)cc2)c1)C(=N)N. The monoisotopic (exact) mass is 327 g/mol. The van der Waals surface area contributed by atoms with Crippen molar-refractivity contribution in [3.05, 3.63) is 59.1 Å². The predicted octanol–water partition coefficient (Wildman–Crippen LogP) is 3.15. The van der Waals surface area contributed by atoms with Crippen molar-refractivity contribution < 1.29 is 4.74 Å². The average molecular weight is 328 g/mol. The molecule has 6 nitrogen and oxygen atoms in total. The highest BCUT2D eigenvalue weighted by Gasteiger charge is 2.02. The molecule has 2 aromatic rings. The maximum absolute atomic E-state index is 8.79. The first-order chi connectivity index (χ1) is 11.1. The summed E-state index contributed by atoms with van der Waals surface area (Å²) in [5.41, 5.74) is 9.33. The Kier molecular flexibility index (Phi) is 5.56. The number of hydrogen-bond donors (Lipinski definition) is 3. The Morgan fingerprint density at radius 3 is 2.70 bits per heavy atom. The molecule has 23 heavy (non-hydrogen) atoms. The van der Waals surface area contributed by atoms with Gasteiger partial charge in [-0.25, -0.2) is 0 Å². The standard InChI is InChI=1S/C16H14ClN5O/c17-12-4-6-14(7-5-12)23-10-11-2-1-3-13(8-11)21-22-15(9-18)16(19)20/h1-8,21H,10H2,(H3,19,20)/b22-15+. The molecule has 0 atom stereocenters. The van der Waals surface area contributed by atoms with Gasteiger partial charge < -0.3 is 10.5 Å². The predicted molar refractivity (Wildman–Crippen MR) is 90.8 cm³/mol. The lowest BCUT2D eigenvalue weighted by Gasteiger charge is -2.08. The van der Waals surface area contributed by atoms with Crippen LogP contribution in [0.4, 0.5) is 5.69 Å². The lowest BCUT2D eigenvalue weighted by Crippen LogP contribution is -2.21. The van der Waals surface area contributed by atoms with Crippen molar-refractivity contribution in [3.63, 3.8) is 0 Å². The highest BCUT2D eigenvalue weighted by atomic mass is 35.5. The molecule has 0 saturated carbocycles. The van der Waals surface area contributed by atoms with E-state index in [4.69, 9.17) is 32.7 Å². The molecular weight excluding hydrogens is 314 g/mol. The molecule has 2 aromatic carbocycles. The molecule has 7 heteroatoms. The normalized spacial score (nSPS) is 10.7. The summed E-state index contributed by atoms with van der Waals surface area (Å²) >= 11 is 5.82. The van der Waals surface area contributed by atoms with Crippen molar-refractivity contribution in [3.8, 4) is 11.8 Å². The molecule has 0 aliphatic heterocycles. The van der Waals surface area contributed by atoms with Gasteiger partial charge in [-0.3, -0.25) is 10.8 Å². The van der Waals surface area contributed by atoms with Crippen molar-refractivity contribution >= 4 is 28.8 Å². The quantitative estimate of drug-likeness (QED) is 0.430. The minimum absolute atomic E-state index is 0.173. The summed E-state index contributed by atoms with van der Waals surface area (Å²) in [5, 5.41) is 20.4. The second kappa shape index (κ2) is 7.82. The number of rotatable bonds is 6. The third-order valence-corrected chi connectivity index (χ3v) is 3.06. The molecule has 116 valence electrons. The van der Waals surface area contributed by atoms with Crippen LogP contribution >= 0.6 is 11.6 Å². The Bertz CT molecular complexity index is 765. The van der Waals surface area contributed by atoms with Gasteiger partial charge in [0.15, 0.2) is 5.84 Å². The molecule has 0 radical (unpaired) electrons. The van der Waals surface area contributed by atoms with Crippen molar-refractivity contribution in [2.45, 2.75) is 6.61 Å². The van der Waals surface area contributed by atoms with E-state index in [-0.39, 0.29) is 11.5 Å². The summed E-state index contributed by atoms with van der Waals surface area (Å²) in [5.74, 6) is 0.330. The molecule has 4 N–H and O–H groups in total. The number of amidine groups is 1. The van der Waals surface area contributed by atoms with E-state index >= 15 is 0 Å². The van der Waals surface area contributed by atoms with E-state index < -0.39 is 0 Å². The van der Waals surface area contributed by atoms with Crippen LogP contribution in [0, 0.1) is 16.7 Å². The number of nitrogens with zero attached hydrogens (tertiary/aromatic N) is 2. The summed E-state index contributed by atoms with van der Waals surface area (Å²) in [6, 6.07) is 16.2. The fourth-order valence-corrected chi connectivity index (χ4v) is 1.82.